The summed E-state index contributed by atoms with van der Waals surface area (Å²) < 4.78 is 5.63. The minimum atomic E-state index is -0.581. The molecule has 0 bridgehead atoms. The molecule has 0 atom stereocenters. The van der Waals surface area contributed by atoms with Gasteiger partial charge in [0.1, 0.15) is 17.1 Å². The monoisotopic (exact) mass is 417 g/mol. The second-order valence-corrected chi connectivity index (χ2v) is 7.74. The quantitative estimate of drug-likeness (QED) is 0.423. The van der Waals surface area contributed by atoms with E-state index in [2.05, 4.69) is 4.98 Å². The zero-order chi connectivity index (χ0) is 21.4. The SMILES string of the molecule is Cc1cc(-c2ccc(Cl)cc2)cc(C)c1-c1c(O)c(C)c(-c2cccnc2)oc1=O. The van der Waals surface area contributed by atoms with Gasteiger partial charge in [-0.1, -0.05) is 35.9 Å². The van der Waals surface area contributed by atoms with Gasteiger partial charge >= 0.3 is 5.63 Å². The van der Waals surface area contributed by atoms with Crippen LogP contribution in [0.25, 0.3) is 33.6 Å². The number of halogens is 1. The number of aromatic nitrogens is 1. The maximum Gasteiger partial charge on any atom is 0.348 e. The average molecular weight is 418 g/mol. The largest absolute Gasteiger partial charge is 0.507 e. The number of rotatable bonds is 3. The first-order valence-electron chi connectivity index (χ1n) is 9.51. The van der Waals surface area contributed by atoms with E-state index in [0.717, 1.165) is 22.3 Å². The topological polar surface area (TPSA) is 63.3 Å². The molecular formula is C25H20ClNO3. The number of aryl methyl sites for hydroxylation is 2. The molecule has 2 aromatic carbocycles. The summed E-state index contributed by atoms with van der Waals surface area (Å²) in [6, 6.07) is 15.1. The molecule has 0 aliphatic heterocycles. The third-order valence-electron chi connectivity index (χ3n) is 5.22. The highest BCUT2D eigenvalue weighted by molar-refractivity contribution is 6.30. The lowest BCUT2D eigenvalue weighted by atomic mass is 9.91. The van der Waals surface area contributed by atoms with Crippen molar-refractivity contribution >= 4 is 11.6 Å². The van der Waals surface area contributed by atoms with Gasteiger partial charge in [0.2, 0.25) is 0 Å². The minimum absolute atomic E-state index is 0.0736. The van der Waals surface area contributed by atoms with Gasteiger partial charge in [-0.2, -0.15) is 0 Å². The second-order valence-electron chi connectivity index (χ2n) is 7.30. The van der Waals surface area contributed by atoms with Gasteiger partial charge in [-0.15, -0.1) is 0 Å². The van der Waals surface area contributed by atoms with Gasteiger partial charge in [0, 0.05) is 28.5 Å². The van der Waals surface area contributed by atoms with Crippen molar-refractivity contribution in [2.45, 2.75) is 20.8 Å². The molecular weight excluding hydrogens is 398 g/mol. The van der Waals surface area contributed by atoms with E-state index in [4.69, 9.17) is 16.0 Å². The maximum atomic E-state index is 12.9. The summed E-state index contributed by atoms with van der Waals surface area (Å²) in [6.07, 6.45) is 3.24. The van der Waals surface area contributed by atoms with E-state index in [1.807, 2.05) is 50.2 Å². The Balaban J connectivity index is 1.88. The van der Waals surface area contributed by atoms with Crippen LogP contribution in [0.15, 0.2) is 70.1 Å². The zero-order valence-corrected chi connectivity index (χ0v) is 17.6. The van der Waals surface area contributed by atoms with Crippen LogP contribution in [0.1, 0.15) is 16.7 Å². The normalized spacial score (nSPS) is 10.9. The van der Waals surface area contributed by atoms with Crippen LogP contribution in [0.5, 0.6) is 5.75 Å². The Morgan fingerprint density at radius 2 is 1.57 bits per heavy atom. The molecule has 2 aromatic heterocycles. The van der Waals surface area contributed by atoms with Crippen molar-refractivity contribution in [1.82, 2.24) is 4.98 Å². The fourth-order valence-electron chi connectivity index (χ4n) is 3.77. The summed E-state index contributed by atoms with van der Waals surface area (Å²) in [7, 11) is 0. The molecule has 4 aromatic rings. The predicted octanol–water partition coefficient (Wildman–Crippen LogP) is 6.32. The smallest absolute Gasteiger partial charge is 0.348 e. The highest BCUT2D eigenvalue weighted by Gasteiger charge is 2.22. The third kappa shape index (κ3) is 3.51. The van der Waals surface area contributed by atoms with Crippen LogP contribution in [-0.4, -0.2) is 10.1 Å². The van der Waals surface area contributed by atoms with Gasteiger partial charge in [-0.3, -0.25) is 4.98 Å². The molecule has 4 nitrogen and oxygen atoms in total. The summed E-state index contributed by atoms with van der Waals surface area (Å²) in [6.45, 7) is 5.58. The van der Waals surface area contributed by atoms with Gasteiger partial charge in [-0.25, -0.2) is 4.79 Å². The Morgan fingerprint density at radius 1 is 0.900 bits per heavy atom. The number of hydrogen-bond donors (Lipinski definition) is 1. The van der Waals surface area contributed by atoms with E-state index in [1.54, 1.807) is 31.5 Å². The van der Waals surface area contributed by atoms with E-state index in [1.165, 1.54) is 0 Å². The van der Waals surface area contributed by atoms with Crippen LogP contribution < -0.4 is 5.63 Å². The molecule has 30 heavy (non-hydrogen) atoms. The molecule has 0 saturated carbocycles. The van der Waals surface area contributed by atoms with Crippen molar-refractivity contribution in [3.63, 3.8) is 0 Å². The van der Waals surface area contributed by atoms with E-state index in [-0.39, 0.29) is 11.3 Å². The van der Waals surface area contributed by atoms with Gasteiger partial charge in [0.05, 0.1) is 0 Å². The van der Waals surface area contributed by atoms with Crippen molar-refractivity contribution in [3.05, 3.63) is 93.1 Å². The van der Waals surface area contributed by atoms with E-state index in [9.17, 15) is 9.90 Å². The van der Waals surface area contributed by atoms with Crippen molar-refractivity contribution in [1.29, 1.82) is 0 Å². The van der Waals surface area contributed by atoms with Crippen molar-refractivity contribution in [2.75, 3.05) is 0 Å². The first kappa shape index (κ1) is 19.9. The van der Waals surface area contributed by atoms with Crippen LogP contribution in [0.4, 0.5) is 0 Å². The van der Waals surface area contributed by atoms with Gasteiger partial charge < -0.3 is 9.52 Å². The summed E-state index contributed by atoms with van der Waals surface area (Å²) in [5.74, 6) is 0.248. The number of aromatic hydroxyl groups is 1. The first-order chi connectivity index (χ1) is 14.4. The number of benzene rings is 2. The first-order valence-corrected chi connectivity index (χ1v) is 9.89. The van der Waals surface area contributed by atoms with Gasteiger partial charge in [-0.05, 0) is 72.9 Å². The van der Waals surface area contributed by atoms with Gasteiger partial charge in [0.25, 0.3) is 0 Å². The number of nitrogens with zero attached hydrogens (tertiary/aromatic N) is 1. The Labute approximate surface area is 179 Å². The summed E-state index contributed by atoms with van der Waals surface area (Å²) in [5, 5.41) is 11.6. The van der Waals surface area contributed by atoms with Crippen LogP contribution >= 0.6 is 11.6 Å². The highest BCUT2D eigenvalue weighted by Crippen LogP contribution is 2.39. The molecule has 0 radical (unpaired) electrons. The molecule has 0 spiro atoms. The second kappa shape index (κ2) is 7.81. The molecule has 4 rings (SSSR count). The molecule has 0 saturated heterocycles. The zero-order valence-electron chi connectivity index (χ0n) is 16.9. The van der Waals surface area contributed by atoms with E-state index < -0.39 is 5.63 Å². The highest BCUT2D eigenvalue weighted by atomic mass is 35.5. The van der Waals surface area contributed by atoms with Crippen molar-refractivity contribution in [3.8, 4) is 39.3 Å². The van der Waals surface area contributed by atoms with Gasteiger partial charge in [0.15, 0.2) is 0 Å². The van der Waals surface area contributed by atoms with Crippen LogP contribution in [0.3, 0.4) is 0 Å². The Morgan fingerprint density at radius 3 is 2.17 bits per heavy atom. The van der Waals surface area contributed by atoms with E-state index in [0.29, 0.717) is 27.5 Å². The summed E-state index contributed by atoms with van der Waals surface area (Å²) in [4.78, 5) is 17.0. The Bertz CT molecular complexity index is 1270. The van der Waals surface area contributed by atoms with Crippen LogP contribution in [0.2, 0.25) is 5.02 Å². The summed E-state index contributed by atoms with van der Waals surface area (Å²) in [5.41, 5.74) is 5.19. The molecule has 0 aliphatic rings. The Hall–Kier alpha value is -3.37. The number of hydrogen-bond acceptors (Lipinski definition) is 4. The molecule has 0 unspecified atom stereocenters. The Kier molecular flexibility index (Phi) is 5.18. The van der Waals surface area contributed by atoms with Crippen molar-refractivity contribution < 1.29 is 9.52 Å². The standard InChI is InChI=1S/C25H20ClNO3/c1-14-11-19(17-6-8-20(26)9-7-17)12-15(2)21(14)22-23(28)16(3)24(30-25(22)29)18-5-4-10-27-13-18/h4-13,28H,1-3H3. The molecule has 1 N–H and O–H groups in total. The molecule has 0 fully saturated rings. The fourth-order valence-corrected chi connectivity index (χ4v) is 3.90. The molecule has 0 amide bonds. The fraction of sp³-hybridized carbons (Fsp3) is 0.120. The lowest BCUT2D eigenvalue weighted by Gasteiger charge is -2.16. The lowest BCUT2D eigenvalue weighted by molar-refractivity contribution is 0.450. The lowest BCUT2D eigenvalue weighted by Crippen LogP contribution is -2.08. The molecule has 150 valence electrons. The van der Waals surface area contributed by atoms with Crippen molar-refractivity contribution in [2.24, 2.45) is 0 Å². The summed E-state index contributed by atoms with van der Waals surface area (Å²) >= 11 is 6.00. The predicted molar refractivity (Wildman–Crippen MR) is 120 cm³/mol. The molecule has 5 heteroatoms. The number of pyridine rings is 1. The third-order valence-corrected chi connectivity index (χ3v) is 5.47. The molecule has 2 heterocycles. The van der Waals surface area contributed by atoms with Crippen LogP contribution in [-0.2, 0) is 0 Å². The average Bonchev–Trinajstić information content (AvgIpc) is 2.73. The molecule has 0 aliphatic carbocycles. The van der Waals surface area contributed by atoms with Crippen LogP contribution in [0, 0.1) is 20.8 Å². The van der Waals surface area contributed by atoms with E-state index >= 15 is 0 Å². The maximum absolute atomic E-state index is 12.9. The minimum Gasteiger partial charge on any atom is -0.507 e.